The van der Waals surface area contributed by atoms with Gasteiger partial charge >= 0.3 is 0 Å². The Morgan fingerprint density at radius 1 is 1.00 bits per heavy atom. The van der Waals surface area contributed by atoms with E-state index in [1.54, 1.807) is 0 Å². The Hall–Kier alpha value is -2.17. The molecule has 4 heteroatoms. The number of fused-ring (bicyclic) bond motifs is 1. The largest absolute Gasteiger partial charge is 0.303 e. The van der Waals surface area contributed by atoms with Crippen molar-refractivity contribution in [2.45, 2.75) is 12.6 Å². The van der Waals surface area contributed by atoms with Gasteiger partial charge in [0, 0.05) is 38.4 Å². The molecule has 0 spiro atoms. The summed E-state index contributed by atoms with van der Waals surface area (Å²) in [5.41, 5.74) is 3.80. The van der Waals surface area contributed by atoms with Crippen LogP contribution in [0.1, 0.15) is 17.3 Å². The predicted octanol–water partition coefficient (Wildman–Crippen LogP) is 2.82. The van der Waals surface area contributed by atoms with E-state index in [4.69, 9.17) is 0 Å². The van der Waals surface area contributed by atoms with Crippen LogP contribution >= 0.6 is 0 Å². The van der Waals surface area contributed by atoms with Crippen molar-refractivity contribution in [2.24, 2.45) is 0 Å². The summed E-state index contributed by atoms with van der Waals surface area (Å²) in [6.07, 6.45) is 1.87. The highest BCUT2D eigenvalue weighted by Crippen LogP contribution is 2.26. The van der Waals surface area contributed by atoms with Gasteiger partial charge in [0.05, 0.1) is 11.2 Å². The van der Waals surface area contributed by atoms with Crippen LogP contribution in [-0.2, 0) is 6.54 Å². The van der Waals surface area contributed by atoms with Gasteiger partial charge in [0.25, 0.3) is 0 Å². The lowest BCUT2D eigenvalue weighted by Gasteiger charge is -2.40. The first kappa shape index (κ1) is 14.4. The number of aromatic nitrogens is 2. The molecule has 1 fully saturated rings. The van der Waals surface area contributed by atoms with E-state index in [-0.39, 0.29) is 0 Å². The Morgan fingerprint density at radius 2 is 1.87 bits per heavy atom. The second-order valence-electron chi connectivity index (χ2n) is 6.34. The first-order valence-electron chi connectivity index (χ1n) is 8.20. The molecule has 118 valence electrons. The molecular formula is C19H22N4. The third kappa shape index (κ3) is 2.87. The van der Waals surface area contributed by atoms with Gasteiger partial charge in [0.1, 0.15) is 0 Å². The van der Waals surface area contributed by atoms with E-state index in [9.17, 15) is 0 Å². The Bertz CT molecular complexity index is 780. The zero-order valence-corrected chi connectivity index (χ0v) is 13.5. The zero-order valence-electron chi connectivity index (χ0n) is 13.5. The van der Waals surface area contributed by atoms with E-state index >= 15 is 0 Å². The number of hydrogen-bond acceptors (Lipinski definition) is 3. The van der Waals surface area contributed by atoms with E-state index in [1.165, 1.54) is 11.3 Å². The lowest BCUT2D eigenvalue weighted by atomic mass is 10.0. The molecule has 0 bridgehead atoms. The van der Waals surface area contributed by atoms with Gasteiger partial charge < -0.3 is 4.90 Å². The van der Waals surface area contributed by atoms with Crippen molar-refractivity contribution in [2.75, 3.05) is 26.7 Å². The van der Waals surface area contributed by atoms with Crippen molar-refractivity contribution in [1.29, 1.82) is 0 Å². The van der Waals surface area contributed by atoms with Gasteiger partial charge in [-0.1, -0.05) is 36.4 Å². The molecule has 2 aromatic heterocycles. The molecule has 0 aliphatic carbocycles. The normalized spacial score (nSPS) is 20.1. The van der Waals surface area contributed by atoms with Gasteiger partial charge in [-0.2, -0.15) is 5.10 Å². The van der Waals surface area contributed by atoms with Crippen LogP contribution in [0.2, 0.25) is 0 Å². The van der Waals surface area contributed by atoms with Crippen LogP contribution in [0, 0.1) is 0 Å². The average Bonchev–Trinajstić information content (AvgIpc) is 3.07. The third-order valence-corrected chi connectivity index (χ3v) is 4.74. The van der Waals surface area contributed by atoms with E-state index in [2.05, 4.69) is 81.1 Å². The summed E-state index contributed by atoms with van der Waals surface area (Å²) in [6.45, 7) is 4.18. The molecule has 1 aliphatic heterocycles. The van der Waals surface area contributed by atoms with Crippen molar-refractivity contribution < 1.29 is 0 Å². The van der Waals surface area contributed by atoms with E-state index < -0.39 is 0 Å². The molecule has 1 aliphatic rings. The van der Waals surface area contributed by atoms with Gasteiger partial charge in [-0.15, -0.1) is 0 Å². The van der Waals surface area contributed by atoms with Gasteiger partial charge in [0.2, 0.25) is 0 Å². The maximum absolute atomic E-state index is 4.48. The standard InChI is InChI=1S/C19H22N4/c1-21-12-13-22(19(15-21)16-6-3-2-4-7-16)14-18-9-5-8-17-10-11-20-23(17)18/h2-11,19H,12-15H2,1H3. The number of likely N-dealkylation sites (N-methyl/N-ethyl adjacent to an activating group) is 1. The molecule has 1 saturated heterocycles. The molecule has 23 heavy (non-hydrogen) atoms. The van der Waals surface area contributed by atoms with Crippen molar-refractivity contribution in [3.63, 3.8) is 0 Å². The number of piperazine rings is 1. The first-order chi connectivity index (χ1) is 11.3. The maximum Gasteiger partial charge on any atom is 0.0665 e. The van der Waals surface area contributed by atoms with Gasteiger partial charge in [0.15, 0.2) is 0 Å². The molecule has 3 aromatic rings. The van der Waals surface area contributed by atoms with Crippen LogP contribution in [0.15, 0.2) is 60.8 Å². The lowest BCUT2D eigenvalue weighted by molar-refractivity contribution is 0.0817. The minimum Gasteiger partial charge on any atom is -0.303 e. The molecule has 0 amide bonds. The third-order valence-electron chi connectivity index (χ3n) is 4.74. The SMILES string of the molecule is CN1CCN(Cc2cccc3ccnn23)C(c2ccccc2)C1. The fourth-order valence-corrected chi connectivity index (χ4v) is 3.47. The number of hydrogen-bond donors (Lipinski definition) is 0. The monoisotopic (exact) mass is 306 g/mol. The van der Waals surface area contributed by atoms with Crippen molar-refractivity contribution in [3.8, 4) is 0 Å². The zero-order chi connectivity index (χ0) is 15.6. The Labute approximate surface area is 136 Å². The predicted molar refractivity (Wildman–Crippen MR) is 92.3 cm³/mol. The van der Waals surface area contributed by atoms with E-state index in [1.807, 2.05) is 6.20 Å². The summed E-state index contributed by atoms with van der Waals surface area (Å²) >= 11 is 0. The van der Waals surface area contributed by atoms with Crippen LogP contribution in [0.5, 0.6) is 0 Å². The summed E-state index contributed by atoms with van der Waals surface area (Å²) in [4.78, 5) is 4.99. The van der Waals surface area contributed by atoms with Gasteiger partial charge in [-0.25, -0.2) is 4.52 Å². The fourth-order valence-electron chi connectivity index (χ4n) is 3.47. The first-order valence-corrected chi connectivity index (χ1v) is 8.20. The second kappa shape index (κ2) is 6.14. The second-order valence-corrected chi connectivity index (χ2v) is 6.34. The highest BCUT2D eigenvalue weighted by Gasteiger charge is 2.27. The molecule has 0 saturated carbocycles. The van der Waals surface area contributed by atoms with Crippen LogP contribution in [0.4, 0.5) is 0 Å². The molecule has 3 heterocycles. The highest BCUT2D eigenvalue weighted by molar-refractivity contribution is 5.46. The lowest BCUT2D eigenvalue weighted by Crippen LogP contribution is -2.46. The molecule has 4 nitrogen and oxygen atoms in total. The van der Waals surface area contributed by atoms with E-state index in [0.29, 0.717) is 6.04 Å². The molecule has 0 N–H and O–H groups in total. The molecule has 0 radical (unpaired) electrons. The van der Waals surface area contributed by atoms with Gasteiger partial charge in [-0.05, 0) is 30.8 Å². The Balaban J connectivity index is 1.64. The maximum atomic E-state index is 4.48. The highest BCUT2D eigenvalue weighted by atomic mass is 15.3. The number of nitrogens with zero attached hydrogens (tertiary/aromatic N) is 4. The van der Waals surface area contributed by atoms with Crippen LogP contribution < -0.4 is 0 Å². The minimum atomic E-state index is 0.431. The van der Waals surface area contributed by atoms with Crippen LogP contribution in [0.3, 0.4) is 0 Å². The molecule has 1 unspecified atom stereocenters. The topological polar surface area (TPSA) is 23.8 Å². The quantitative estimate of drug-likeness (QED) is 0.743. The molecule has 1 aromatic carbocycles. The number of rotatable bonds is 3. The number of benzene rings is 1. The number of pyridine rings is 1. The average molecular weight is 306 g/mol. The molecule has 4 rings (SSSR count). The van der Waals surface area contributed by atoms with E-state index in [0.717, 1.165) is 31.7 Å². The summed E-state index contributed by atoms with van der Waals surface area (Å²) < 4.78 is 2.06. The summed E-state index contributed by atoms with van der Waals surface area (Å²) in [5.74, 6) is 0. The summed E-state index contributed by atoms with van der Waals surface area (Å²) in [7, 11) is 2.21. The fraction of sp³-hybridized carbons (Fsp3) is 0.316. The van der Waals surface area contributed by atoms with Crippen LogP contribution in [0.25, 0.3) is 5.52 Å². The van der Waals surface area contributed by atoms with Gasteiger partial charge in [-0.3, -0.25) is 4.90 Å². The molecule has 1 atom stereocenters. The van der Waals surface area contributed by atoms with Crippen molar-refractivity contribution in [3.05, 3.63) is 72.1 Å². The minimum absolute atomic E-state index is 0.431. The molecular weight excluding hydrogens is 284 g/mol. The Kier molecular flexibility index (Phi) is 3.85. The summed E-state index contributed by atoms with van der Waals surface area (Å²) in [6, 6.07) is 19.7. The summed E-state index contributed by atoms with van der Waals surface area (Å²) in [5, 5.41) is 4.48. The Morgan fingerprint density at radius 3 is 2.74 bits per heavy atom. The van der Waals surface area contributed by atoms with Crippen molar-refractivity contribution in [1.82, 2.24) is 19.4 Å². The van der Waals surface area contributed by atoms with Crippen molar-refractivity contribution >= 4 is 5.52 Å². The van der Waals surface area contributed by atoms with Crippen LogP contribution in [-0.4, -0.2) is 46.1 Å². The smallest absolute Gasteiger partial charge is 0.0665 e.